The monoisotopic (exact) mass is 574 g/mol. The first-order chi connectivity index (χ1) is 14.6. The number of aliphatic hydroxyl groups is 1. The number of benzene rings is 2. The Balaban J connectivity index is 1.91. The highest BCUT2D eigenvalue weighted by molar-refractivity contribution is 9.11. The summed E-state index contributed by atoms with van der Waals surface area (Å²) in [5, 5.41) is 10.1. The number of alkyl halides is 2. The van der Waals surface area contributed by atoms with Crippen LogP contribution in [0.3, 0.4) is 0 Å². The van der Waals surface area contributed by atoms with Crippen LogP contribution in [0.1, 0.15) is 49.3 Å². The van der Waals surface area contributed by atoms with Gasteiger partial charge in [-0.2, -0.15) is 0 Å². The number of aryl methyl sites for hydroxylation is 1. The second-order valence-corrected chi connectivity index (χ2v) is 9.81. The van der Waals surface area contributed by atoms with Crippen LogP contribution in [0.4, 0.5) is 8.78 Å². The lowest BCUT2D eigenvalue weighted by Crippen LogP contribution is -2.14. The molecule has 1 aliphatic carbocycles. The van der Waals surface area contributed by atoms with E-state index in [0.29, 0.717) is 27.4 Å². The lowest BCUT2D eigenvalue weighted by atomic mass is 9.98. The predicted molar refractivity (Wildman–Crippen MR) is 129 cm³/mol. The summed E-state index contributed by atoms with van der Waals surface area (Å²) in [7, 11) is 0. The molecule has 3 rings (SSSR count). The molecule has 0 atom stereocenters. The smallest absolute Gasteiger partial charge is 0.272 e. The first-order valence-corrected chi connectivity index (χ1v) is 11.9. The molecule has 0 spiro atoms. The predicted octanol–water partition coefficient (Wildman–Crippen LogP) is 9.00. The van der Waals surface area contributed by atoms with Gasteiger partial charge in [0.15, 0.2) is 0 Å². The molecular weight excluding hydrogens is 554 g/mol. The number of halogens is 5. The second-order valence-electron chi connectivity index (χ2n) is 7.72. The SMILES string of the molecule is C=C(O)CCc1cc(Br)c(OCC2=C(c3ccc(Cl)cc3)CCC2)c(Br)c1C(C)(F)F. The molecule has 0 fully saturated rings. The number of hydrogen-bond acceptors (Lipinski definition) is 2. The number of ether oxygens (including phenoxy) is 1. The van der Waals surface area contributed by atoms with Crippen LogP contribution in [0, 0.1) is 0 Å². The van der Waals surface area contributed by atoms with Crippen LogP contribution in [-0.4, -0.2) is 11.7 Å². The van der Waals surface area contributed by atoms with E-state index in [1.807, 2.05) is 24.3 Å². The standard InChI is InChI=1S/C24H23Br2ClF2O2/c1-14(30)6-7-16-12-20(25)23(22(26)21(16)24(2,28)29)31-13-17-4-3-5-19(17)15-8-10-18(27)11-9-15/h8-12,30H,1,3-7,13H2,2H3. The molecule has 0 saturated heterocycles. The summed E-state index contributed by atoms with van der Waals surface area (Å²) >= 11 is 12.8. The Morgan fingerprint density at radius 1 is 1.23 bits per heavy atom. The van der Waals surface area contributed by atoms with Crippen molar-refractivity contribution in [2.24, 2.45) is 0 Å². The topological polar surface area (TPSA) is 29.5 Å². The van der Waals surface area contributed by atoms with Crippen LogP contribution in [0.25, 0.3) is 5.57 Å². The molecule has 7 heteroatoms. The van der Waals surface area contributed by atoms with E-state index in [9.17, 15) is 13.9 Å². The highest BCUT2D eigenvalue weighted by Gasteiger charge is 2.33. The molecule has 0 radical (unpaired) electrons. The summed E-state index contributed by atoms with van der Waals surface area (Å²) in [6, 6.07) is 9.36. The minimum absolute atomic E-state index is 0.0409. The van der Waals surface area contributed by atoms with Crippen molar-refractivity contribution in [3.63, 3.8) is 0 Å². The van der Waals surface area contributed by atoms with Crippen molar-refractivity contribution < 1.29 is 18.6 Å². The fraction of sp³-hybridized carbons (Fsp3) is 0.333. The van der Waals surface area contributed by atoms with Crippen molar-refractivity contribution in [2.75, 3.05) is 6.61 Å². The van der Waals surface area contributed by atoms with Gasteiger partial charge in [0.05, 0.1) is 14.7 Å². The van der Waals surface area contributed by atoms with Crippen molar-refractivity contribution in [2.45, 2.75) is 45.0 Å². The first kappa shape index (κ1) is 24.3. The van der Waals surface area contributed by atoms with Gasteiger partial charge in [-0.15, -0.1) is 0 Å². The van der Waals surface area contributed by atoms with Crippen molar-refractivity contribution in [1.29, 1.82) is 0 Å². The fourth-order valence-electron chi connectivity index (χ4n) is 3.86. The zero-order valence-corrected chi connectivity index (χ0v) is 21.0. The number of hydrogen-bond donors (Lipinski definition) is 1. The van der Waals surface area contributed by atoms with Crippen molar-refractivity contribution in [3.05, 3.63) is 78.9 Å². The van der Waals surface area contributed by atoms with Crippen LogP contribution in [0.2, 0.25) is 5.02 Å². The second kappa shape index (κ2) is 10.1. The molecule has 0 aromatic heterocycles. The van der Waals surface area contributed by atoms with Gasteiger partial charge in [-0.05, 0) is 98.0 Å². The summed E-state index contributed by atoms with van der Waals surface area (Å²) in [4.78, 5) is 0. The molecule has 166 valence electrons. The maximum atomic E-state index is 14.5. The average molecular weight is 577 g/mol. The van der Waals surface area contributed by atoms with Gasteiger partial charge in [-0.1, -0.05) is 30.3 Å². The van der Waals surface area contributed by atoms with E-state index in [1.165, 1.54) is 5.57 Å². The normalized spacial score (nSPS) is 14.3. The molecule has 0 heterocycles. The van der Waals surface area contributed by atoms with Gasteiger partial charge in [-0.3, -0.25) is 0 Å². The van der Waals surface area contributed by atoms with Crippen LogP contribution >= 0.6 is 43.5 Å². The van der Waals surface area contributed by atoms with Gasteiger partial charge in [0, 0.05) is 23.9 Å². The maximum absolute atomic E-state index is 14.5. The molecule has 0 bridgehead atoms. The largest absolute Gasteiger partial charge is 0.513 e. The van der Waals surface area contributed by atoms with Crippen molar-refractivity contribution >= 4 is 49.0 Å². The summed E-state index contributed by atoms with van der Waals surface area (Å²) in [6.07, 6.45) is 3.34. The molecule has 0 saturated carbocycles. The van der Waals surface area contributed by atoms with E-state index in [2.05, 4.69) is 38.4 Å². The van der Waals surface area contributed by atoms with Gasteiger partial charge >= 0.3 is 0 Å². The molecule has 2 aromatic carbocycles. The third kappa shape index (κ3) is 5.91. The molecule has 2 aromatic rings. The minimum atomic E-state index is -3.08. The van der Waals surface area contributed by atoms with E-state index >= 15 is 0 Å². The first-order valence-electron chi connectivity index (χ1n) is 9.93. The van der Waals surface area contributed by atoms with Crippen LogP contribution < -0.4 is 4.74 Å². The maximum Gasteiger partial charge on any atom is 0.272 e. The Kier molecular flexibility index (Phi) is 7.87. The molecule has 0 aliphatic heterocycles. The zero-order chi connectivity index (χ0) is 22.8. The Morgan fingerprint density at radius 2 is 1.90 bits per heavy atom. The van der Waals surface area contributed by atoms with Crippen LogP contribution in [0.5, 0.6) is 5.75 Å². The summed E-state index contributed by atoms with van der Waals surface area (Å²) < 4.78 is 35.8. The molecular formula is C24H23Br2ClF2O2. The molecule has 31 heavy (non-hydrogen) atoms. The number of allylic oxidation sites excluding steroid dienone is 2. The van der Waals surface area contributed by atoms with E-state index < -0.39 is 5.92 Å². The van der Waals surface area contributed by atoms with Gasteiger partial charge < -0.3 is 9.84 Å². The van der Waals surface area contributed by atoms with E-state index in [0.717, 1.165) is 37.3 Å². The van der Waals surface area contributed by atoms with Gasteiger partial charge in [0.2, 0.25) is 0 Å². The van der Waals surface area contributed by atoms with Crippen molar-refractivity contribution in [3.8, 4) is 5.75 Å². The third-order valence-electron chi connectivity index (χ3n) is 5.30. The Hall–Kier alpha value is -1.37. The minimum Gasteiger partial charge on any atom is -0.513 e. The zero-order valence-electron chi connectivity index (χ0n) is 17.1. The molecule has 0 amide bonds. The average Bonchev–Trinajstić information content (AvgIpc) is 3.14. The van der Waals surface area contributed by atoms with E-state index in [1.54, 1.807) is 6.07 Å². The van der Waals surface area contributed by atoms with Crippen molar-refractivity contribution in [1.82, 2.24) is 0 Å². The molecule has 1 N–H and O–H groups in total. The molecule has 0 unspecified atom stereocenters. The van der Waals surface area contributed by atoms with Gasteiger partial charge in [0.1, 0.15) is 12.4 Å². The lowest BCUT2D eigenvalue weighted by molar-refractivity contribution is 0.0154. The molecule has 1 aliphatic rings. The summed E-state index contributed by atoms with van der Waals surface area (Å²) in [5.74, 6) is -2.77. The van der Waals surface area contributed by atoms with Crippen LogP contribution in [0.15, 0.2) is 57.2 Å². The third-order valence-corrected chi connectivity index (χ3v) is 6.89. The van der Waals surface area contributed by atoms with Gasteiger partial charge in [-0.25, -0.2) is 8.78 Å². The number of rotatable bonds is 8. The Labute approximate surface area is 203 Å². The lowest BCUT2D eigenvalue weighted by Gasteiger charge is -2.22. The van der Waals surface area contributed by atoms with Crippen LogP contribution in [-0.2, 0) is 12.3 Å². The highest BCUT2D eigenvalue weighted by Crippen LogP contribution is 2.46. The Bertz CT molecular complexity index is 1010. The van der Waals surface area contributed by atoms with Gasteiger partial charge in [0.25, 0.3) is 5.92 Å². The molecule has 2 nitrogen and oxygen atoms in total. The number of aliphatic hydroxyl groups excluding tert-OH is 1. The van der Waals surface area contributed by atoms with E-state index in [-0.39, 0.29) is 28.6 Å². The summed E-state index contributed by atoms with van der Waals surface area (Å²) in [6.45, 7) is 4.62. The Morgan fingerprint density at radius 3 is 2.52 bits per heavy atom. The fourth-order valence-corrected chi connectivity index (χ4v) is 5.77. The summed E-state index contributed by atoms with van der Waals surface area (Å²) in [5.41, 5.74) is 3.79. The van der Waals surface area contributed by atoms with E-state index in [4.69, 9.17) is 16.3 Å². The quantitative estimate of drug-likeness (QED) is 0.318. The highest BCUT2D eigenvalue weighted by atomic mass is 79.9.